The highest BCUT2D eigenvalue weighted by molar-refractivity contribution is 5.89. The van der Waals surface area contributed by atoms with E-state index >= 15 is 0 Å². The van der Waals surface area contributed by atoms with Crippen molar-refractivity contribution in [1.82, 2.24) is 9.97 Å². The minimum atomic E-state index is -0.406. The Hall–Kier alpha value is -1.32. The Morgan fingerprint density at radius 3 is 3.17 bits per heavy atom. The number of nitrogens with zero attached hydrogens (tertiary/aromatic N) is 1. The lowest BCUT2D eigenvalue weighted by atomic mass is 9.99. The quantitative estimate of drug-likeness (QED) is 0.582. The van der Waals surface area contributed by atoms with E-state index in [4.69, 9.17) is 4.74 Å². The summed E-state index contributed by atoms with van der Waals surface area (Å²) < 4.78 is 5.14. The van der Waals surface area contributed by atoms with Crippen LogP contribution in [0.15, 0.2) is 6.33 Å². The molecular formula is C8H10N2O2. The zero-order valence-corrected chi connectivity index (χ0v) is 7.05. The number of nitrogens with one attached hydrogen (secondary N) is 1. The van der Waals surface area contributed by atoms with Crippen LogP contribution in [0.25, 0.3) is 0 Å². The van der Waals surface area contributed by atoms with Gasteiger partial charge in [-0.1, -0.05) is 0 Å². The molecule has 0 saturated heterocycles. The third-order valence-electron chi connectivity index (χ3n) is 1.88. The molecule has 2 heterocycles. The summed E-state index contributed by atoms with van der Waals surface area (Å²) in [4.78, 5) is 18.1. The first kappa shape index (κ1) is 7.34. The van der Waals surface area contributed by atoms with Crippen LogP contribution < -0.4 is 0 Å². The molecule has 1 aromatic rings. The second-order valence-electron chi connectivity index (χ2n) is 3.56. The normalized spacial score (nSPS) is 20.0. The van der Waals surface area contributed by atoms with Crippen molar-refractivity contribution in [1.29, 1.82) is 0 Å². The Bertz CT molecular complexity index is 328. The van der Waals surface area contributed by atoms with Gasteiger partial charge in [0.05, 0.1) is 12.0 Å². The van der Waals surface area contributed by atoms with Gasteiger partial charge in [-0.3, -0.25) is 0 Å². The van der Waals surface area contributed by atoms with Crippen LogP contribution in [0.1, 0.15) is 30.0 Å². The van der Waals surface area contributed by atoms with Gasteiger partial charge in [-0.2, -0.15) is 0 Å². The summed E-state index contributed by atoms with van der Waals surface area (Å²) in [5.74, 6) is -0.331. The molecule has 2 rings (SSSR count). The second-order valence-corrected chi connectivity index (χ2v) is 3.56. The Kier molecular flexibility index (Phi) is 1.28. The summed E-state index contributed by atoms with van der Waals surface area (Å²) in [7, 11) is 0. The van der Waals surface area contributed by atoms with Gasteiger partial charge in [0.1, 0.15) is 5.60 Å². The lowest BCUT2D eigenvalue weighted by molar-refractivity contribution is -0.00759. The monoisotopic (exact) mass is 166 g/mol. The molecule has 4 heteroatoms. The van der Waals surface area contributed by atoms with Gasteiger partial charge >= 0.3 is 5.97 Å². The molecular weight excluding hydrogens is 156 g/mol. The summed E-state index contributed by atoms with van der Waals surface area (Å²) in [5, 5.41) is 0. The fourth-order valence-electron chi connectivity index (χ4n) is 1.39. The molecule has 12 heavy (non-hydrogen) atoms. The van der Waals surface area contributed by atoms with Gasteiger partial charge in [-0.15, -0.1) is 0 Å². The first-order valence-corrected chi connectivity index (χ1v) is 3.84. The number of rotatable bonds is 0. The number of carbonyl (C=O) groups excluding carboxylic acids is 1. The maximum atomic E-state index is 11.3. The van der Waals surface area contributed by atoms with Gasteiger partial charge < -0.3 is 9.72 Å². The van der Waals surface area contributed by atoms with Gasteiger partial charge in [-0.25, -0.2) is 9.78 Å². The smallest absolute Gasteiger partial charge is 0.359 e. The van der Waals surface area contributed by atoms with E-state index < -0.39 is 5.60 Å². The van der Waals surface area contributed by atoms with Crippen LogP contribution in [0.2, 0.25) is 0 Å². The molecule has 0 saturated carbocycles. The predicted molar refractivity (Wildman–Crippen MR) is 41.8 cm³/mol. The summed E-state index contributed by atoms with van der Waals surface area (Å²) in [6.07, 6.45) is 2.22. The molecule has 1 N–H and O–H groups in total. The Balaban J connectivity index is 2.45. The number of fused-ring (bicyclic) bond motifs is 1. The minimum Gasteiger partial charge on any atom is -0.454 e. The lowest BCUT2D eigenvalue weighted by Gasteiger charge is -2.28. The van der Waals surface area contributed by atoms with Gasteiger partial charge in [0.25, 0.3) is 0 Å². The number of H-pyrrole nitrogens is 1. The van der Waals surface area contributed by atoms with Crippen molar-refractivity contribution in [3.8, 4) is 0 Å². The molecule has 0 spiro atoms. The maximum absolute atomic E-state index is 11.3. The number of esters is 1. The van der Waals surface area contributed by atoms with Crippen molar-refractivity contribution in [3.63, 3.8) is 0 Å². The van der Waals surface area contributed by atoms with Gasteiger partial charge in [0.2, 0.25) is 0 Å². The maximum Gasteiger partial charge on any atom is 0.359 e. The number of carbonyl (C=O) groups is 1. The van der Waals surface area contributed by atoms with Crippen LogP contribution >= 0.6 is 0 Å². The molecule has 1 aliphatic heterocycles. The minimum absolute atomic E-state index is 0.331. The molecule has 0 amide bonds. The summed E-state index contributed by atoms with van der Waals surface area (Å²) in [5.41, 5.74) is 0.891. The van der Waals surface area contributed by atoms with Crippen LogP contribution in [-0.2, 0) is 11.2 Å². The molecule has 0 unspecified atom stereocenters. The highest BCUT2D eigenvalue weighted by Gasteiger charge is 2.33. The van der Waals surface area contributed by atoms with E-state index in [0.717, 1.165) is 5.69 Å². The standard InChI is InChI=1S/C8H10N2O2/c1-8(2)3-5-6(7(11)12-8)10-4-9-5/h4H,3H2,1-2H3,(H,9,10). The molecule has 0 aliphatic carbocycles. The average Bonchev–Trinajstić information content (AvgIpc) is 2.31. The topological polar surface area (TPSA) is 55.0 Å². The molecule has 4 nitrogen and oxygen atoms in total. The van der Waals surface area contributed by atoms with Crippen molar-refractivity contribution in [2.75, 3.05) is 0 Å². The first-order valence-electron chi connectivity index (χ1n) is 3.84. The van der Waals surface area contributed by atoms with E-state index in [1.54, 1.807) is 0 Å². The largest absolute Gasteiger partial charge is 0.454 e. The fraction of sp³-hybridized carbons (Fsp3) is 0.500. The predicted octanol–water partition coefficient (Wildman–Crippen LogP) is 0.901. The highest BCUT2D eigenvalue weighted by atomic mass is 16.6. The van der Waals surface area contributed by atoms with Gasteiger partial charge in [0, 0.05) is 6.42 Å². The molecule has 64 valence electrons. The van der Waals surface area contributed by atoms with Gasteiger partial charge in [-0.05, 0) is 13.8 Å². The number of cyclic esters (lactones) is 1. The molecule has 0 fully saturated rings. The fourth-order valence-corrected chi connectivity index (χ4v) is 1.39. The van der Waals surface area contributed by atoms with E-state index in [-0.39, 0.29) is 5.97 Å². The molecule has 1 aliphatic rings. The first-order chi connectivity index (χ1) is 5.58. The Morgan fingerprint density at radius 1 is 1.67 bits per heavy atom. The summed E-state index contributed by atoms with van der Waals surface area (Å²) in [6, 6.07) is 0. The molecule has 0 aromatic carbocycles. The van der Waals surface area contributed by atoms with Gasteiger partial charge in [0.15, 0.2) is 5.69 Å². The molecule has 0 atom stereocenters. The summed E-state index contributed by atoms with van der Waals surface area (Å²) >= 11 is 0. The van der Waals surface area contributed by atoms with Crippen molar-refractivity contribution in [2.45, 2.75) is 25.9 Å². The van der Waals surface area contributed by atoms with Crippen molar-refractivity contribution in [2.24, 2.45) is 0 Å². The van der Waals surface area contributed by atoms with Crippen LogP contribution in [0.3, 0.4) is 0 Å². The highest BCUT2D eigenvalue weighted by Crippen LogP contribution is 2.24. The molecule has 0 bridgehead atoms. The zero-order chi connectivity index (χ0) is 8.77. The van der Waals surface area contributed by atoms with E-state index in [0.29, 0.717) is 12.1 Å². The van der Waals surface area contributed by atoms with Crippen LogP contribution in [0, 0.1) is 0 Å². The van der Waals surface area contributed by atoms with E-state index in [9.17, 15) is 4.79 Å². The van der Waals surface area contributed by atoms with E-state index in [1.807, 2.05) is 13.8 Å². The number of hydrogen-bond acceptors (Lipinski definition) is 3. The summed E-state index contributed by atoms with van der Waals surface area (Å²) in [6.45, 7) is 3.77. The van der Waals surface area contributed by atoms with Crippen molar-refractivity contribution >= 4 is 5.97 Å². The third kappa shape index (κ3) is 0.995. The third-order valence-corrected chi connectivity index (χ3v) is 1.88. The SMILES string of the molecule is CC1(C)Cc2[nH]cnc2C(=O)O1. The van der Waals surface area contributed by atoms with E-state index in [1.165, 1.54) is 6.33 Å². The lowest BCUT2D eigenvalue weighted by Crippen LogP contribution is -2.35. The van der Waals surface area contributed by atoms with E-state index in [2.05, 4.69) is 9.97 Å². The number of hydrogen-bond donors (Lipinski definition) is 1. The average molecular weight is 166 g/mol. The Labute approximate surface area is 70.0 Å². The molecule has 0 radical (unpaired) electrons. The Morgan fingerprint density at radius 2 is 2.42 bits per heavy atom. The van der Waals surface area contributed by atoms with Crippen LogP contribution in [0.5, 0.6) is 0 Å². The van der Waals surface area contributed by atoms with Crippen molar-refractivity contribution in [3.05, 3.63) is 17.7 Å². The number of aromatic amines is 1. The second kappa shape index (κ2) is 2.09. The van der Waals surface area contributed by atoms with Crippen molar-refractivity contribution < 1.29 is 9.53 Å². The molecule has 1 aromatic heterocycles. The number of ether oxygens (including phenoxy) is 1. The zero-order valence-electron chi connectivity index (χ0n) is 7.05. The van der Waals surface area contributed by atoms with Crippen LogP contribution in [0.4, 0.5) is 0 Å². The van der Waals surface area contributed by atoms with Crippen LogP contribution in [-0.4, -0.2) is 21.5 Å². The number of aromatic nitrogens is 2. The number of imidazole rings is 1.